The van der Waals surface area contributed by atoms with E-state index in [1.165, 1.54) is 0 Å². The fourth-order valence-corrected chi connectivity index (χ4v) is 2.03. The van der Waals surface area contributed by atoms with Gasteiger partial charge in [-0.3, -0.25) is 9.55 Å². The van der Waals surface area contributed by atoms with Crippen LogP contribution in [0.1, 0.15) is 5.82 Å². The molecule has 0 spiro atoms. The summed E-state index contributed by atoms with van der Waals surface area (Å²) in [6.07, 6.45) is 3.32. The Bertz CT molecular complexity index is 703. The summed E-state index contributed by atoms with van der Waals surface area (Å²) in [6.45, 7) is 1.92. The van der Waals surface area contributed by atoms with Crippen LogP contribution in [0.3, 0.4) is 0 Å². The van der Waals surface area contributed by atoms with Crippen molar-refractivity contribution in [3.8, 4) is 17.1 Å². The van der Waals surface area contributed by atoms with Gasteiger partial charge in [0.05, 0.1) is 11.9 Å². The molecule has 0 radical (unpaired) electrons. The number of anilines is 1. The van der Waals surface area contributed by atoms with E-state index in [9.17, 15) is 0 Å². The average molecular weight is 251 g/mol. The SMILES string of the molecule is Cc1nnc(-c2ccncc2N)n1-c1ccccc1. The molecule has 2 aromatic heterocycles. The molecule has 0 aliphatic carbocycles. The highest BCUT2D eigenvalue weighted by atomic mass is 15.3. The lowest BCUT2D eigenvalue weighted by atomic mass is 10.2. The van der Waals surface area contributed by atoms with Crippen molar-refractivity contribution in [1.82, 2.24) is 19.7 Å². The van der Waals surface area contributed by atoms with Gasteiger partial charge in [-0.15, -0.1) is 10.2 Å². The summed E-state index contributed by atoms with van der Waals surface area (Å²) in [4.78, 5) is 4.00. The molecular weight excluding hydrogens is 238 g/mol. The zero-order chi connectivity index (χ0) is 13.2. The van der Waals surface area contributed by atoms with E-state index in [2.05, 4.69) is 15.2 Å². The quantitative estimate of drug-likeness (QED) is 0.758. The molecule has 0 fully saturated rings. The number of nitrogens with zero attached hydrogens (tertiary/aromatic N) is 4. The predicted molar refractivity (Wildman–Crippen MR) is 73.7 cm³/mol. The van der Waals surface area contributed by atoms with E-state index < -0.39 is 0 Å². The van der Waals surface area contributed by atoms with Crippen molar-refractivity contribution in [3.05, 3.63) is 54.6 Å². The summed E-state index contributed by atoms with van der Waals surface area (Å²) in [5, 5.41) is 8.38. The molecule has 3 rings (SSSR count). The molecule has 0 aliphatic rings. The first-order chi connectivity index (χ1) is 9.27. The summed E-state index contributed by atoms with van der Waals surface area (Å²) in [5.41, 5.74) is 8.40. The molecule has 5 heteroatoms. The van der Waals surface area contributed by atoms with Gasteiger partial charge in [0.1, 0.15) is 5.82 Å². The second kappa shape index (κ2) is 4.53. The highest BCUT2D eigenvalue weighted by Gasteiger charge is 2.14. The maximum absolute atomic E-state index is 5.97. The van der Waals surface area contributed by atoms with E-state index >= 15 is 0 Å². The molecule has 0 aliphatic heterocycles. The van der Waals surface area contributed by atoms with Gasteiger partial charge >= 0.3 is 0 Å². The van der Waals surface area contributed by atoms with Crippen LogP contribution in [-0.2, 0) is 0 Å². The first kappa shape index (κ1) is 11.4. The van der Waals surface area contributed by atoms with Gasteiger partial charge in [-0.1, -0.05) is 18.2 Å². The number of rotatable bonds is 2. The fourth-order valence-electron chi connectivity index (χ4n) is 2.03. The van der Waals surface area contributed by atoms with Crippen LogP contribution in [0.4, 0.5) is 5.69 Å². The third-order valence-electron chi connectivity index (χ3n) is 2.93. The van der Waals surface area contributed by atoms with Crippen LogP contribution in [0, 0.1) is 6.92 Å². The topological polar surface area (TPSA) is 69.6 Å². The smallest absolute Gasteiger partial charge is 0.170 e. The van der Waals surface area contributed by atoms with Crippen molar-refractivity contribution in [2.24, 2.45) is 0 Å². The molecule has 0 bridgehead atoms. The van der Waals surface area contributed by atoms with Crippen LogP contribution in [-0.4, -0.2) is 19.7 Å². The summed E-state index contributed by atoms with van der Waals surface area (Å²) < 4.78 is 1.98. The highest BCUT2D eigenvalue weighted by molar-refractivity contribution is 5.71. The Labute approximate surface area is 110 Å². The maximum atomic E-state index is 5.97. The average Bonchev–Trinajstić information content (AvgIpc) is 2.82. The molecular formula is C14H13N5. The molecule has 0 saturated heterocycles. The van der Waals surface area contributed by atoms with Crippen LogP contribution in [0.25, 0.3) is 17.1 Å². The van der Waals surface area contributed by atoms with Crippen molar-refractivity contribution >= 4 is 5.69 Å². The van der Waals surface area contributed by atoms with Gasteiger partial charge in [0.25, 0.3) is 0 Å². The third kappa shape index (κ3) is 1.95. The Balaban J connectivity index is 2.23. The number of aryl methyl sites for hydroxylation is 1. The Morgan fingerprint density at radius 3 is 2.58 bits per heavy atom. The molecule has 2 heterocycles. The van der Waals surface area contributed by atoms with E-state index in [4.69, 9.17) is 5.73 Å². The van der Waals surface area contributed by atoms with E-state index in [1.807, 2.05) is 47.9 Å². The number of nitrogens with two attached hydrogens (primary N) is 1. The van der Waals surface area contributed by atoms with E-state index in [0.29, 0.717) is 5.69 Å². The Morgan fingerprint density at radius 2 is 1.84 bits per heavy atom. The van der Waals surface area contributed by atoms with Crippen molar-refractivity contribution in [2.45, 2.75) is 6.92 Å². The first-order valence-electron chi connectivity index (χ1n) is 5.94. The first-order valence-corrected chi connectivity index (χ1v) is 5.94. The second-order valence-electron chi connectivity index (χ2n) is 4.20. The lowest BCUT2D eigenvalue weighted by molar-refractivity contribution is 0.972. The minimum atomic E-state index is 0.590. The summed E-state index contributed by atoms with van der Waals surface area (Å²) in [7, 11) is 0. The van der Waals surface area contributed by atoms with E-state index in [-0.39, 0.29) is 0 Å². The standard InChI is InChI=1S/C14H13N5/c1-10-17-18-14(12-7-8-16-9-13(12)15)19(10)11-5-3-2-4-6-11/h2-9H,15H2,1H3. The summed E-state index contributed by atoms with van der Waals surface area (Å²) in [5.74, 6) is 1.54. The zero-order valence-electron chi connectivity index (χ0n) is 10.5. The highest BCUT2D eigenvalue weighted by Crippen LogP contribution is 2.26. The molecule has 19 heavy (non-hydrogen) atoms. The van der Waals surface area contributed by atoms with E-state index in [0.717, 1.165) is 22.9 Å². The van der Waals surface area contributed by atoms with Crippen LogP contribution in [0.2, 0.25) is 0 Å². The van der Waals surface area contributed by atoms with Gasteiger partial charge in [-0.2, -0.15) is 0 Å². The lowest BCUT2D eigenvalue weighted by Gasteiger charge is -2.09. The molecule has 5 nitrogen and oxygen atoms in total. The molecule has 94 valence electrons. The monoisotopic (exact) mass is 251 g/mol. The third-order valence-corrected chi connectivity index (χ3v) is 2.93. The van der Waals surface area contributed by atoms with Crippen LogP contribution < -0.4 is 5.73 Å². The van der Waals surface area contributed by atoms with Gasteiger partial charge in [-0.05, 0) is 25.1 Å². The summed E-state index contributed by atoms with van der Waals surface area (Å²) >= 11 is 0. The number of para-hydroxylation sites is 1. The van der Waals surface area contributed by atoms with Gasteiger partial charge < -0.3 is 5.73 Å². The lowest BCUT2D eigenvalue weighted by Crippen LogP contribution is -2.01. The Kier molecular flexibility index (Phi) is 2.72. The van der Waals surface area contributed by atoms with Crippen molar-refractivity contribution in [3.63, 3.8) is 0 Å². The Hall–Kier alpha value is -2.69. The number of hydrogen-bond acceptors (Lipinski definition) is 4. The molecule has 3 aromatic rings. The Morgan fingerprint density at radius 1 is 1.05 bits per heavy atom. The molecule has 0 saturated carbocycles. The van der Waals surface area contributed by atoms with Gasteiger partial charge in [0.2, 0.25) is 0 Å². The molecule has 2 N–H and O–H groups in total. The maximum Gasteiger partial charge on any atom is 0.170 e. The van der Waals surface area contributed by atoms with Crippen LogP contribution >= 0.6 is 0 Å². The number of nitrogen functional groups attached to an aromatic ring is 1. The second-order valence-corrected chi connectivity index (χ2v) is 4.20. The molecule has 0 unspecified atom stereocenters. The fraction of sp³-hybridized carbons (Fsp3) is 0.0714. The minimum absolute atomic E-state index is 0.590. The van der Waals surface area contributed by atoms with Gasteiger partial charge in [-0.25, -0.2) is 0 Å². The number of pyridine rings is 1. The van der Waals surface area contributed by atoms with Crippen molar-refractivity contribution in [2.75, 3.05) is 5.73 Å². The van der Waals surface area contributed by atoms with Crippen LogP contribution in [0.5, 0.6) is 0 Å². The molecule has 0 atom stereocenters. The van der Waals surface area contributed by atoms with E-state index in [1.54, 1.807) is 12.4 Å². The van der Waals surface area contributed by atoms with Crippen molar-refractivity contribution in [1.29, 1.82) is 0 Å². The number of aromatic nitrogens is 4. The number of hydrogen-bond donors (Lipinski definition) is 1. The molecule has 1 aromatic carbocycles. The normalized spacial score (nSPS) is 10.6. The van der Waals surface area contributed by atoms with Gasteiger partial charge in [0, 0.05) is 17.4 Å². The van der Waals surface area contributed by atoms with Gasteiger partial charge in [0.15, 0.2) is 5.82 Å². The number of benzene rings is 1. The largest absolute Gasteiger partial charge is 0.397 e. The molecule has 0 amide bonds. The minimum Gasteiger partial charge on any atom is -0.397 e. The van der Waals surface area contributed by atoms with Crippen LogP contribution in [0.15, 0.2) is 48.8 Å². The summed E-state index contributed by atoms with van der Waals surface area (Å²) in [6, 6.07) is 11.8. The van der Waals surface area contributed by atoms with Crippen molar-refractivity contribution < 1.29 is 0 Å². The zero-order valence-corrected chi connectivity index (χ0v) is 10.5. The predicted octanol–water partition coefficient (Wildman–Crippen LogP) is 2.22.